The number of hydrogen-bond acceptors (Lipinski definition) is 3. The van der Waals surface area contributed by atoms with Crippen molar-refractivity contribution in [2.24, 2.45) is 0 Å². The molecule has 1 aromatic rings. The van der Waals surface area contributed by atoms with Crippen LogP contribution in [0.4, 0.5) is 0 Å². The number of rotatable bonds is 5. The molecular formula is C15H24N2O. The van der Waals surface area contributed by atoms with Crippen molar-refractivity contribution in [2.45, 2.75) is 18.9 Å². The quantitative estimate of drug-likeness (QED) is 0.863. The molecule has 1 aromatic carbocycles. The highest BCUT2D eigenvalue weighted by molar-refractivity contribution is 5.18. The van der Waals surface area contributed by atoms with Crippen molar-refractivity contribution < 1.29 is 4.74 Å². The van der Waals surface area contributed by atoms with E-state index in [0.717, 1.165) is 39.1 Å². The Bertz CT molecular complexity index is 321. The van der Waals surface area contributed by atoms with Crippen LogP contribution >= 0.6 is 0 Å². The van der Waals surface area contributed by atoms with Crippen molar-refractivity contribution in [1.82, 2.24) is 10.2 Å². The van der Waals surface area contributed by atoms with Gasteiger partial charge in [-0.15, -0.1) is 0 Å². The van der Waals surface area contributed by atoms with Crippen LogP contribution in [0.5, 0.6) is 0 Å². The van der Waals surface area contributed by atoms with Crippen LogP contribution in [0, 0.1) is 0 Å². The van der Waals surface area contributed by atoms with Crippen LogP contribution in [-0.2, 0) is 4.74 Å². The SMILES string of the molecule is CNC(CCN1CCCOCC1)c1ccccc1. The van der Waals surface area contributed by atoms with Gasteiger partial charge in [0.2, 0.25) is 0 Å². The number of hydrogen-bond donors (Lipinski definition) is 1. The maximum atomic E-state index is 5.49. The van der Waals surface area contributed by atoms with Crippen molar-refractivity contribution in [1.29, 1.82) is 0 Å². The van der Waals surface area contributed by atoms with Crippen LogP contribution in [0.1, 0.15) is 24.4 Å². The Hall–Kier alpha value is -0.900. The van der Waals surface area contributed by atoms with E-state index in [0.29, 0.717) is 6.04 Å². The summed E-state index contributed by atoms with van der Waals surface area (Å²) in [7, 11) is 2.04. The highest BCUT2D eigenvalue weighted by Crippen LogP contribution is 2.16. The van der Waals surface area contributed by atoms with Crippen molar-refractivity contribution >= 4 is 0 Å². The summed E-state index contributed by atoms with van der Waals surface area (Å²) in [6.45, 7) is 5.19. The predicted octanol–water partition coefficient (Wildman–Crippen LogP) is 2.06. The van der Waals surface area contributed by atoms with Gasteiger partial charge in [0.15, 0.2) is 0 Å². The molecule has 3 nitrogen and oxygen atoms in total. The first kappa shape index (κ1) is 13.5. The Morgan fingerprint density at radius 2 is 2.06 bits per heavy atom. The van der Waals surface area contributed by atoms with Crippen LogP contribution in [0.25, 0.3) is 0 Å². The Balaban J connectivity index is 1.83. The van der Waals surface area contributed by atoms with Gasteiger partial charge < -0.3 is 15.0 Å². The lowest BCUT2D eigenvalue weighted by Crippen LogP contribution is -2.30. The lowest BCUT2D eigenvalue weighted by atomic mass is 10.0. The second kappa shape index (κ2) is 7.52. The van der Waals surface area contributed by atoms with E-state index < -0.39 is 0 Å². The fraction of sp³-hybridized carbons (Fsp3) is 0.600. The van der Waals surface area contributed by atoms with Crippen molar-refractivity contribution in [3.63, 3.8) is 0 Å². The lowest BCUT2D eigenvalue weighted by molar-refractivity contribution is 0.140. The molecule has 1 unspecified atom stereocenters. The van der Waals surface area contributed by atoms with Crippen LogP contribution in [0.2, 0.25) is 0 Å². The zero-order valence-electron chi connectivity index (χ0n) is 11.3. The van der Waals surface area contributed by atoms with Crippen molar-refractivity contribution in [2.75, 3.05) is 39.9 Å². The van der Waals surface area contributed by atoms with E-state index in [1.165, 1.54) is 12.1 Å². The Morgan fingerprint density at radius 3 is 2.83 bits per heavy atom. The van der Waals surface area contributed by atoms with Gasteiger partial charge in [0.05, 0.1) is 6.61 Å². The van der Waals surface area contributed by atoms with Gasteiger partial charge in [-0.25, -0.2) is 0 Å². The molecule has 1 heterocycles. The molecule has 1 fully saturated rings. The van der Waals surface area contributed by atoms with Gasteiger partial charge in [-0.1, -0.05) is 30.3 Å². The zero-order chi connectivity index (χ0) is 12.6. The monoisotopic (exact) mass is 248 g/mol. The summed E-state index contributed by atoms with van der Waals surface area (Å²) in [5, 5.41) is 3.42. The van der Waals surface area contributed by atoms with Gasteiger partial charge >= 0.3 is 0 Å². The van der Waals surface area contributed by atoms with Gasteiger partial charge in [-0.05, 0) is 25.5 Å². The second-order valence-electron chi connectivity index (χ2n) is 4.85. The summed E-state index contributed by atoms with van der Waals surface area (Å²) in [5.74, 6) is 0. The molecule has 0 amide bonds. The van der Waals surface area contributed by atoms with Crippen LogP contribution < -0.4 is 5.32 Å². The fourth-order valence-corrected chi connectivity index (χ4v) is 2.50. The van der Waals surface area contributed by atoms with Gasteiger partial charge in [0, 0.05) is 32.3 Å². The molecule has 1 N–H and O–H groups in total. The molecule has 0 radical (unpaired) electrons. The molecule has 0 saturated carbocycles. The Morgan fingerprint density at radius 1 is 1.22 bits per heavy atom. The van der Waals surface area contributed by atoms with E-state index in [1.807, 2.05) is 7.05 Å². The largest absolute Gasteiger partial charge is 0.380 e. The topological polar surface area (TPSA) is 24.5 Å². The molecule has 100 valence electrons. The van der Waals surface area contributed by atoms with Crippen LogP contribution in [0.3, 0.4) is 0 Å². The molecule has 1 aliphatic heterocycles. The van der Waals surface area contributed by atoms with Gasteiger partial charge in [-0.2, -0.15) is 0 Å². The van der Waals surface area contributed by atoms with Crippen LogP contribution in [-0.4, -0.2) is 44.8 Å². The standard InChI is InChI=1S/C15H24N2O/c1-16-15(14-6-3-2-4-7-14)8-10-17-9-5-12-18-13-11-17/h2-4,6-7,15-16H,5,8-13H2,1H3. The number of benzene rings is 1. The molecule has 0 aromatic heterocycles. The maximum absolute atomic E-state index is 5.49. The van der Waals surface area contributed by atoms with Gasteiger partial charge in [0.25, 0.3) is 0 Å². The van der Waals surface area contributed by atoms with Crippen molar-refractivity contribution in [3.8, 4) is 0 Å². The molecule has 0 spiro atoms. The summed E-state index contributed by atoms with van der Waals surface area (Å²) in [6, 6.07) is 11.1. The molecular weight excluding hydrogens is 224 g/mol. The minimum Gasteiger partial charge on any atom is -0.380 e. The molecule has 2 rings (SSSR count). The summed E-state index contributed by atoms with van der Waals surface area (Å²) in [4.78, 5) is 2.51. The lowest BCUT2D eigenvalue weighted by Gasteiger charge is -2.23. The first-order chi connectivity index (χ1) is 8.90. The average Bonchev–Trinajstić information content (AvgIpc) is 2.69. The molecule has 3 heteroatoms. The highest BCUT2D eigenvalue weighted by Gasteiger charge is 2.13. The summed E-state index contributed by atoms with van der Waals surface area (Å²) < 4.78 is 5.49. The van der Waals surface area contributed by atoms with E-state index in [2.05, 4.69) is 40.5 Å². The first-order valence-electron chi connectivity index (χ1n) is 6.92. The Labute approximate surface area is 110 Å². The molecule has 18 heavy (non-hydrogen) atoms. The van der Waals surface area contributed by atoms with E-state index >= 15 is 0 Å². The number of ether oxygens (including phenoxy) is 1. The van der Waals surface area contributed by atoms with Gasteiger partial charge in [-0.3, -0.25) is 0 Å². The minimum absolute atomic E-state index is 0.454. The highest BCUT2D eigenvalue weighted by atomic mass is 16.5. The van der Waals surface area contributed by atoms with Crippen molar-refractivity contribution in [3.05, 3.63) is 35.9 Å². The number of nitrogens with zero attached hydrogens (tertiary/aromatic N) is 1. The normalized spacial score (nSPS) is 19.4. The summed E-state index contributed by atoms with van der Waals surface area (Å²) in [6.07, 6.45) is 2.32. The molecule has 0 bridgehead atoms. The van der Waals surface area contributed by atoms with E-state index in [-0.39, 0.29) is 0 Å². The molecule has 1 atom stereocenters. The third kappa shape index (κ3) is 4.09. The molecule has 1 aliphatic rings. The van der Waals surface area contributed by atoms with E-state index in [4.69, 9.17) is 4.74 Å². The fourth-order valence-electron chi connectivity index (χ4n) is 2.50. The first-order valence-corrected chi connectivity index (χ1v) is 6.92. The van der Waals surface area contributed by atoms with E-state index in [9.17, 15) is 0 Å². The second-order valence-corrected chi connectivity index (χ2v) is 4.85. The predicted molar refractivity (Wildman–Crippen MR) is 74.7 cm³/mol. The molecule has 1 saturated heterocycles. The summed E-state index contributed by atoms with van der Waals surface area (Å²) >= 11 is 0. The maximum Gasteiger partial charge on any atom is 0.0593 e. The summed E-state index contributed by atoms with van der Waals surface area (Å²) in [5.41, 5.74) is 1.38. The zero-order valence-corrected chi connectivity index (χ0v) is 11.3. The Kier molecular flexibility index (Phi) is 5.65. The smallest absolute Gasteiger partial charge is 0.0593 e. The third-order valence-electron chi connectivity index (χ3n) is 3.60. The average molecular weight is 248 g/mol. The van der Waals surface area contributed by atoms with Crippen LogP contribution in [0.15, 0.2) is 30.3 Å². The third-order valence-corrected chi connectivity index (χ3v) is 3.60. The molecule has 0 aliphatic carbocycles. The van der Waals surface area contributed by atoms with Gasteiger partial charge in [0.1, 0.15) is 0 Å². The minimum atomic E-state index is 0.454. The van der Waals surface area contributed by atoms with E-state index in [1.54, 1.807) is 0 Å². The number of nitrogens with one attached hydrogen (secondary N) is 1.